The molecule has 0 radical (unpaired) electrons. The Hall–Kier alpha value is -1.04. The van der Waals surface area contributed by atoms with Gasteiger partial charge in [0.05, 0.1) is 28.1 Å². The molecule has 1 aromatic rings. The molecule has 1 aliphatic rings. The van der Waals surface area contributed by atoms with E-state index in [4.69, 9.17) is 5.73 Å². The fourth-order valence-electron chi connectivity index (χ4n) is 2.46. The standard InChI is InChI=1S/C10H17N3O2S/c1-10(2)7(4-5-16(10,14)15)9-8(11)6-12-13(9)3/h6-7H,4-5,11H2,1-3H3. The van der Waals surface area contributed by atoms with Gasteiger partial charge in [-0.15, -0.1) is 0 Å². The maximum atomic E-state index is 11.9. The van der Waals surface area contributed by atoms with Crippen LogP contribution in [-0.2, 0) is 16.9 Å². The summed E-state index contributed by atoms with van der Waals surface area (Å²) in [5.41, 5.74) is 7.27. The van der Waals surface area contributed by atoms with Crippen LogP contribution in [0.4, 0.5) is 5.69 Å². The van der Waals surface area contributed by atoms with Crippen LogP contribution in [-0.4, -0.2) is 28.7 Å². The van der Waals surface area contributed by atoms with Gasteiger partial charge in [-0.1, -0.05) is 0 Å². The Kier molecular flexibility index (Phi) is 2.31. The molecular weight excluding hydrogens is 226 g/mol. The van der Waals surface area contributed by atoms with Gasteiger partial charge in [0.15, 0.2) is 9.84 Å². The molecule has 0 spiro atoms. The number of hydrogen-bond acceptors (Lipinski definition) is 4. The highest BCUT2D eigenvalue weighted by molar-refractivity contribution is 7.93. The molecule has 5 nitrogen and oxygen atoms in total. The number of nitrogen functional groups attached to an aromatic ring is 1. The summed E-state index contributed by atoms with van der Waals surface area (Å²) in [7, 11) is -1.23. The molecule has 0 saturated carbocycles. The van der Waals surface area contributed by atoms with Crippen LogP contribution in [0.2, 0.25) is 0 Å². The van der Waals surface area contributed by atoms with Crippen LogP contribution >= 0.6 is 0 Å². The third-order valence-electron chi connectivity index (χ3n) is 3.66. The fourth-order valence-corrected chi connectivity index (χ4v) is 4.19. The minimum Gasteiger partial charge on any atom is -0.396 e. The second-order valence-electron chi connectivity index (χ2n) is 4.87. The van der Waals surface area contributed by atoms with Gasteiger partial charge in [-0.05, 0) is 20.3 Å². The second-order valence-corrected chi connectivity index (χ2v) is 7.56. The van der Waals surface area contributed by atoms with E-state index >= 15 is 0 Å². The molecule has 1 atom stereocenters. The van der Waals surface area contributed by atoms with Crippen molar-refractivity contribution in [2.75, 3.05) is 11.5 Å². The van der Waals surface area contributed by atoms with Gasteiger partial charge in [0.25, 0.3) is 0 Å². The third kappa shape index (κ3) is 1.36. The van der Waals surface area contributed by atoms with Crippen LogP contribution < -0.4 is 5.73 Å². The van der Waals surface area contributed by atoms with Gasteiger partial charge in [-0.3, -0.25) is 4.68 Å². The van der Waals surface area contributed by atoms with Crippen molar-refractivity contribution in [3.63, 3.8) is 0 Å². The minimum atomic E-state index is -3.03. The van der Waals surface area contributed by atoms with Crippen molar-refractivity contribution in [3.05, 3.63) is 11.9 Å². The molecule has 2 rings (SSSR count). The largest absolute Gasteiger partial charge is 0.396 e. The van der Waals surface area contributed by atoms with E-state index in [0.717, 1.165) is 5.69 Å². The number of anilines is 1. The first-order valence-corrected chi connectivity index (χ1v) is 6.92. The van der Waals surface area contributed by atoms with Gasteiger partial charge >= 0.3 is 0 Å². The van der Waals surface area contributed by atoms with E-state index in [1.807, 2.05) is 0 Å². The molecule has 1 fully saturated rings. The number of nitrogens with two attached hydrogens (primary N) is 1. The molecule has 0 amide bonds. The molecular formula is C10H17N3O2S. The molecule has 16 heavy (non-hydrogen) atoms. The van der Waals surface area contributed by atoms with Gasteiger partial charge in [0, 0.05) is 13.0 Å². The minimum absolute atomic E-state index is 0.0648. The highest BCUT2D eigenvalue weighted by Crippen LogP contribution is 2.45. The maximum Gasteiger partial charge on any atom is 0.156 e. The summed E-state index contributed by atoms with van der Waals surface area (Å²) in [5.74, 6) is 0.167. The molecule has 1 unspecified atom stereocenters. The Balaban J connectivity index is 2.53. The van der Waals surface area contributed by atoms with E-state index in [2.05, 4.69) is 5.10 Å². The summed E-state index contributed by atoms with van der Waals surface area (Å²) in [5, 5.41) is 4.07. The quantitative estimate of drug-likeness (QED) is 0.787. The molecule has 1 aromatic heterocycles. The average molecular weight is 243 g/mol. The Morgan fingerprint density at radius 2 is 2.19 bits per heavy atom. The van der Waals surface area contributed by atoms with E-state index in [9.17, 15) is 8.42 Å². The predicted molar refractivity (Wildman–Crippen MR) is 62.8 cm³/mol. The molecule has 2 N–H and O–H groups in total. The summed E-state index contributed by atoms with van der Waals surface area (Å²) in [6.07, 6.45) is 2.20. The lowest BCUT2D eigenvalue weighted by molar-refractivity contribution is 0.493. The lowest BCUT2D eigenvalue weighted by atomic mass is 9.89. The normalized spacial score (nSPS) is 27.1. The Labute approximate surface area is 95.6 Å². The zero-order valence-corrected chi connectivity index (χ0v) is 10.6. The van der Waals surface area contributed by atoms with Crippen molar-refractivity contribution in [3.8, 4) is 0 Å². The summed E-state index contributed by atoms with van der Waals surface area (Å²) in [6.45, 7) is 3.54. The van der Waals surface area contributed by atoms with Crippen LogP contribution in [0.1, 0.15) is 31.9 Å². The number of rotatable bonds is 1. The van der Waals surface area contributed by atoms with E-state index < -0.39 is 14.6 Å². The maximum absolute atomic E-state index is 11.9. The molecule has 1 aliphatic heterocycles. The molecule has 1 saturated heterocycles. The summed E-state index contributed by atoms with van der Waals surface area (Å²) < 4.78 is 24.8. The van der Waals surface area contributed by atoms with Crippen molar-refractivity contribution >= 4 is 15.5 Å². The van der Waals surface area contributed by atoms with Crippen LogP contribution in [0.5, 0.6) is 0 Å². The Morgan fingerprint density at radius 1 is 1.56 bits per heavy atom. The van der Waals surface area contributed by atoms with E-state index in [1.54, 1.807) is 31.8 Å². The first-order valence-electron chi connectivity index (χ1n) is 5.27. The van der Waals surface area contributed by atoms with Crippen LogP contribution in [0.3, 0.4) is 0 Å². The fraction of sp³-hybridized carbons (Fsp3) is 0.700. The number of hydrogen-bond donors (Lipinski definition) is 1. The zero-order valence-electron chi connectivity index (χ0n) is 9.77. The zero-order chi connectivity index (χ0) is 12.1. The number of aryl methyl sites for hydroxylation is 1. The van der Waals surface area contributed by atoms with E-state index in [1.165, 1.54) is 0 Å². The van der Waals surface area contributed by atoms with Gasteiger partial charge in [-0.25, -0.2) is 8.42 Å². The molecule has 6 heteroatoms. The smallest absolute Gasteiger partial charge is 0.156 e. The number of aromatic nitrogens is 2. The highest BCUT2D eigenvalue weighted by atomic mass is 32.2. The van der Waals surface area contributed by atoms with Crippen molar-refractivity contribution < 1.29 is 8.42 Å². The summed E-state index contributed by atoms with van der Waals surface area (Å²) in [4.78, 5) is 0. The lowest BCUT2D eigenvalue weighted by Crippen LogP contribution is -2.33. The van der Waals surface area contributed by atoms with E-state index in [0.29, 0.717) is 12.1 Å². The number of nitrogens with zero attached hydrogens (tertiary/aromatic N) is 2. The Morgan fingerprint density at radius 3 is 2.56 bits per heavy atom. The lowest BCUT2D eigenvalue weighted by Gasteiger charge is -2.26. The topological polar surface area (TPSA) is 78.0 Å². The molecule has 0 aliphatic carbocycles. The molecule has 90 valence electrons. The summed E-state index contributed by atoms with van der Waals surface area (Å²) in [6, 6.07) is 0. The van der Waals surface area contributed by atoms with Gasteiger partial charge in [-0.2, -0.15) is 5.10 Å². The van der Waals surface area contributed by atoms with Crippen LogP contribution in [0, 0.1) is 0 Å². The number of sulfone groups is 1. The van der Waals surface area contributed by atoms with Gasteiger partial charge < -0.3 is 5.73 Å². The monoisotopic (exact) mass is 243 g/mol. The van der Waals surface area contributed by atoms with Gasteiger partial charge in [0.1, 0.15) is 0 Å². The third-order valence-corrected chi connectivity index (χ3v) is 6.32. The first kappa shape index (κ1) is 11.4. The SMILES string of the molecule is Cn1ncc(N)c1C1CCS(=O)(=O)C1(C)C. The average Bonchev–Trinajstić information content (AvgIpc) is 2.56. The molecule has 0 bridgehead atoms. The van der Waals surface area contributed by atoms with Crippen molar-refractivity contribution in [2.45, 2.75) is 30.9 Å². The van der Waals surface area contributed by atoms with Crippen molar-refractivity contribution in [1.29, 1.82) is 0 Å². The van der Waals surface area contributed by atoms with E-state index in [-0.39, 0.29) is 11.7 Å². The van der Waals surface area contributed by atoms with Crippen LogP contribution in [0.25, 0.3) is 0 Å². The second kappa shape index (κ2) is 3.23. The molecule has 0 aromatic carbocycles. The Bertz CT molecular complexity index is 497. The van der Waals surface area contributed by atoms with Crippen LogP contribution in [0.15, 0.2) is 6.20 Å². The van der Waals surface area contributed by atoms with Gasteiger partial charge in [0.2, 0.25) is 0 Å². The van der Waals surface area contributed by atoms with Crippen molar-refractivity contribution in [1.82, 2.24) is 9.78 Å². The predicted octanol–water partition coefficient (Wildman–Crippen LogP) is 0.683. The van der Waals surface area contributed by atoms with Crippen molar-refractivity contribution in [2.24, 2.45) is 7.05 Å². The first-order chi connectivity index (χ1) is 7.27. The highest BCUT2D eigenvalue weighted by Gasteiger charge is 2.49. The summed E-state index contributed by atoms with van der Waals surface area (Å²) >= 11 is 0. The molecule has 2 heterocycles.